The van der Waals surface area contributed by atoms with Crippen LogP contribution in [0.25, 0.3) is 0 Å². The fourth-order valence-electron chi connectivity index (χ4n) is 6.27. The highest BCUT2D eigenvalue weighted by molar-refractivity contribution is 5.86. The minimum absolute atomic E-state index is 0.0302. The fraction of sp³-hybridized carbons (Fsp3) is 0.536. The van der Waals surface area contributed by atoms with Crippen molar-refractivity contribution in [3.8, 4) is 11.5 Å². The number of phenols is 1. The summed E-state index contributed by atoms with van der Waals surface area (Å²) in [5, 5.41) is 54.0. The molecule has 234 valence electrons. The van der Waals surface area contributed by atoms with Gasteiger partial charge in [-0.3, -0.25) is 9.59 Å². The normalized spacial score (nSPS) is 27.0. The zero-order chi connectivity index (χ0) is 31.9. The van der Waals surface area contributed by atoms with E-state index < -0.39 is 84.2 Å². The molecule has 4 rings (SSSR count). The van der Waals surface area contributed by atoms with E-state index in [9.17, 15) is 39.3 Å². The highest BCUT2D eigenvalue weighted by Crippen LogP contribution is 2.63. The van der Waals surface area contributed by atoms with Crippen molar-refractivity contribution in [2.45, 2.75) is 87.4 Å². The van der Waals surface area contributed by atoms with Crippen LogP contribution in [0.15, 0.2) is 24.0 Å². The van der Waals surface area contributed by atoms with E-state index in [0.29, 0.717) is 18.4 Å². The number of carbonyl (C=O) groups is 5. The second kappa shape index (κ2) is 11.8. The van der Waals surface area contributed by atoms with E-state index in [2.05, 4.69) is 10.1 Å². The number of carbonyl (C=O) groups excluding carboxylic acids is 3. The van der Waals surface area contributed by atoms with Gasteiger partial charge in [0.1, 0.15) is 5.76 Å². The number of hydrogen-bond acceptors (Lipinski definition) is 13. The molecule has 15 heteroatoms. The van der Waals surface area contributed by atoms with Crippen LogP contribution in [0, 0.1) is 0 Å². The summed E-state index contributed by atoms with van der Waals surface area (Å²) in [5.74, 6) is -7.11. The fourth-order valence-corrected chi connectivity index (χ4v) is 6.27. The third-order valence-electron chi connectivity index (χ3n) is 8.29. The van der Waals surface area contributed by atoms with E-state index in [4.69, 9.17) is 24.4 Å². The minimum Gasteiger partial charge on any atom is -0.504 e. The van der Waals surface area contributed by atoms with E-state index in [1.807, 2.05) is 6.92 Å². The average Bonchev–Trinajstić information content (AvgIpc) is 3.32. The number of carboxylic acid groups (broad SMARTS) is 2. The van der Waals surface area contributed by atoms with Crippen molar-refractivity contribution >= 4 is 29.8 Å². The Hall–Kier alpha value is -4.21. The van der Waals surface area contributed by atoms with Crippen LogP contribution in [-0.2, 0) is 50.0 Å². The summed E-state index contributed by atoms with van der Waals surface area (Å²) in [5.41, 5.74) is -1.04. The van der Waals surface area contributed by atoms with Crippen LogP contribution in [0.4, 0.5) is 0 Å². The number of benzene rings is 1. The van der Waals surface area contributed by atoms with Crippen LogP contribution < -0.4 is 10.1 Å². The highest BCUT2D eigenvalue weighted by atomic mass is 16.6. The maximum absolute atomic E-state index is 12.9. The number of esters is 3. The molecule has 3 aliphatic rings. The Morgan fingerprint density at radius 1 is 1.12 bits per heavy atom. The lowest BCUT2D eigenvalue weighted by atomic mass is 9.52. The first-order chi connectivity index (χ1) is 20.2. The van der Waals surface area contributed by atoms with Crippen molar-refractivity contribution < 1.29 is 68.5 Å². The predicted octanol–water partition coefficient (Wildman–Crippen LogP) is -0.339. The molecule has 2 aliphatic carbocycles. The number of aromatic hydroxyl groups is 1. The second-order valence-electron chi connectivity index (χ2n) is 10.7. The molecule has 0 aromatic heterocycles. The number of rotatable bonds is 12. The number of aliphatic hydroxyl groups excluding tert-OH is 1. The molecule has 0 fully saturated rings. The number of ether oxygens (including phenoxy) is 4. The SMILES string of the molecule is CC[C@]12c3c4ccc(O)c3O[C@H]1C(OC(=O)[C@@H](O)CC(=O)O[C@@H](C)C(=O)O[C@@H](CC(=O)O)C(=O)O)=CC[C@@]2(O)[C@H](NC)C4. The maximum atomic E-state index is 12.9. The Morgan fingerprint density at radius 2 is 1.81 bits per heavy atom. The van der Waals surface area contributed by atoms with Gasteiger partial charge in [-0.05, 0) is 44.5 Å². The van der Waals surface area contributed by atoms with Crippen molar-refractivity contribution in [2.75, 3.05) is 7.05 Å². The van der Waals surface area contributed by atoms with Gasteiger partial charge in [0.2, 0.25) is 6.10 Å². The number of carboxylic acids is 2. The third kappa shape index (κ3) is 5.39. The number of aliphatic carboxylic acids is 2. The summed E-state index contributed by atoms with van der Waals surface area (Å²) in [6.45, 7) is 2.87. The molecule has 0 amide bonds. The highest BCUT2D eigenvalue weighted by Gasteiger charge is 2.69. The van der Waals surface area contributed by atoms with Gasteiger partial charge in [-0.1, -0.05) is 13.0 Å². The predicted molar refractivity (Wildman–Crippen MR) is 141 cm³/mol. The molecule has 43 heavy (non-hydrogen) atoms. The Labute approximate surface area is 245 Å². The lowest BCUT2D eigenvalue weighted by Gasteiger charge is -2.56. The topological polar surface area (TPSA) is 235 Å². The zero-order valence-electron chi connectivity index (χ0n) is 23.6. The molecule has 0 saturated heterocycles. The van der Waals surface area contributed by atoms with Gasteiger partial charge >= 0.3 is 29.8 Å². The molecule has 6 N–H and O–H groups in total. The second-order valence-corrected chi connectivity index (χ2v) is 10.7. The summed E-state index contributed by atoms with van der Waals surface area (Å²) in [7, 11) is 1.72. The monoisotopic (exact) mass is 607 g/mol. The van der Waals surface area contributed by atoms with E-state index in [1.165, 1.54) is 12.1 Å². The summed E-state index contributed by atoms with van der Waals surface area (Å²) in [6, 6.07) is 2.84. The molecule has 1 aromatic carbocycles. The van der Waals surface area contributed by atoms with E-state index >= 15 is 0 Å². The quantitative estimate of drug-likeness (QED) is 0.132. The number of likely N-dealkylation sites (N-methyl/N-ethyl adjacent to an activating group) is 1. The van der Waals surface area contributed by atoms with Crippen molar-refractivity contribution in [3.63, 3.8) is 0 Å². The van der Waals surface area contributed by atoms with E-state index in [1.54, 1.807) is 13.1 Å². The van der Waals surface area contributed by atoms with Crippen LogP contribution in [-0.4, -0.2) is 98.5 Å². The van der Waals surface area contributed by atoms with E-state index in [-0.39, 0.29) is 23.7 Å². The minimum atomic E-state index is -2.06. The molecule has 0 spiro atoms. The molecule has 0 unspecified atom stereocenters. The van der Waals surface area contributed by atoms with Crippen LogP contribution >= 0.6 is 0 Å². The molecule has 0 saturated carbocycles. The third-order valence-corrected chi connectivity index (χ3v) is 8.29. The van der Waals surface area contributed by atoms with Gasteiger partial charge in [-0.25, -0.2) is 14.4 Å². The molecule has 0 bridgehead atoms. The van der Waals surface area contributed by atoms with Gasteiger partial charge in [-0.2, -0.15) is 0 Å². The standard InChI is InChI=1S/C28H33NO14/c1-4-27-21-13-5-6-14(30)22(21)43-23(27)16(7-8-28(27,39)18(9-13)29-3)41-26(38)15(31)10-20(34)40-12(2)25(37)42-17(24(35)36)11-19(32)33/h5-7,12,15,17-18,23,29-31,39H,4,8-11H2,1-3H3,(H,32,33)(H,35,36)/t12-,15-,17-,18+,23-,27-,28+/m0/s1. The molecule has 0 radical (unpaired) electrons. The average molecular weight is 608 g/mol. The van der Waals surface area contributed by atoms with Gasteiger partial charge in [0, 0.05) is 18.0 Å². The molecule has 1 heterocycles. The number of hydrogen-bond donors (Lipinski definition) is 6. The smallest absolute Gasteiger partial charge is 0.348 e. The summed E-state index contributed by atoms with van der Waals surface area (Å²) in [4.78, 5) is 59.1. The first-order valence-electron chi connectivity index (χ1n) is 13.6. The summed E-state index contributed by atoms with van der Waals surface area (Å²) >= 11 is 0. The first kappa shape index (κ1) is 31.7. The van der Waals surface area contributed by atoms with Crippen LogP contribution in [0.1, 0.15) is 50.7 Å². The van der Waals surface area contributed by atoms with Gasteiger partial charge < -0.3 is 49.8 Å². The van der Waals surface area contributed by atoms with Crippen LogP contribution in [0.5, 0.6) is 11.5 Å². The number of phenolic OH excluding ortho intramolecular Hbond substituents is 1. The summed E-state index contributed by atoms with van der Waals surface area (Å²) in [6.07, 6.45) is -6.50. The Morgan fingerprint density at radius 3 is 2.42 bits per heavy atom. The molecular formula is C28H33NO14. The van der Waals surface area contributed by atoms with Crippen molar-refractivity contribution in [1.82, 2.24) is 5.32 Å². The van der Waals surface area contributed by atoms with E-state index in [0.717, 1.165) is 12.5 Å². The van der Waals surface area contributed by atoms with Crippen LogP contribution in [0.2, 0.25) is 0 Å². The molecular weight excluding hydrogens is 574 g/mol. The Balaban J connectivity index is 1.45. The van der Waals surface area contributed by atoms with Gasteiger partial charge in [-0.15, -0.1) is 0 Å². The van der Waals surface area contributed by atoms with Gasteiger partial charge in [0.05, 0.1) is 23.9 Å². The molecule has 7 atom stereocenters. The molecule has 1 aliphatic heterocycles. The lowest BCUT2D eigenvalue weighted by Crippen LogP contribution is -2.70. The summed E-state index contributed by atoms with van der Waals surface area (Å²) < 4.78 is 21.0. The number of aliphatic hydroxyl groups is 2. The zero-order valence-corrected chi connectivity index (χ0v) is 23.6. The first-order valence-corrected chi connectivity index (χ1v) is 13.6. The Bertz CT molecular complexity index is 1370. The number of nitrogens with one attached hydrogen (secondary N) is 1. The van der Waals surface area contributed by atoms with Gasteiger partial charge in [0.25, 0.3) is 0 Å². The molecule has 1 aromatic rings. The molecule has 15 nitrogen and oxygen atoms in total. The largest absolute Gasteiger partial charge is 0.504 e. The van der Waals surface area contributed by atoms with Crippen molar-refractivity contribution in [2.24, 2.45) is 0 Å². The van der Waals surface area contributed by atoms with Crippen LogP contribution in [0.3, 0.4) is 0 Å². The lowest BCUT2D eigenvalue weighted by molar-refractivity contribution is -0.179. The van der Waals surface area contributed by atoms with Crippen molar-refractivity contribution in [1.29, 1.82) is 0 Å². The van der Waals surface area contributed by atoms with Gasteiger partial charge in [0.15, 0.2) is 29.8 Å². The van der Waals surface area contributed by atoms with Crippen molar-refractivity contribution in [3.05, 3.63) is 35.1 Å². The maximum Gasteiger partial charge on any atom is 0.348 e. The Kier molecular flexibility index (Phi) is 8.72.